The second-order valence-corrected chi connectivity index (χ2v) is 5.28. The number of rotatable bonds is 2. The molecule has 0 amide bonds. The summed E-state index contributed by atoms with van der Waals surface area (Å²) in [6, 6.07) is 15.2. The van der Waals surface area contributed by atoms with E-state index >= 15 is 0 Å². The highest BCUT2D eigenvalue weighted by Crippen LogP contribution is 2.32. The molecule has 4 aromatic rings. The van der Waals surface area contributed by atoms with Crippen molar-refractivity contribution in [1.82, 2.24) is 9.55 Å². The third kappa shape index (κ3) is 2.05. The van der Waals surface area contributed by atoms with Crippen molar-refractivity contribution >= 4 is 11.1 Å². The molecule has 0 aliphatic carbocycles. The van der Waals surface area contributed by atoms with Crippen molar-refractivity contribution in [2.75, 3.05) is 0 Å². The molecular weight excluding hydrogens is 276 g/mol. The van der Waals surface area contributed by atoms with Gasteiger partial charge < -0.3 is 14.1 Å². The number of phenols is 1. The van der Waals surface area contributed by atoms with Crippen molar-refractivity contribution in [2.45, 2.75) is 6.92 Å². The lowest BCUT2D eigenvalue weighted by Gasteiger charge is -2.06. The molecule has 0 aliphatic heterocycles. The van der Waals surface area contributed by atoms with Crippen LogP contribution in [0.25, 0.3) is 28.2 Å². The largest absolute Gasteiger partial charge is 0.507 e. The summed E-state index contributed by atoms with van der Waals surface area (Å²) in [5, 5.41) is 10.3. The van der Waals surface area contributed by atoms with E-state index < -0.39 is 0 Å². The van der Waals surface area contributed by atoms with E-state index in [-0.39, 0.29) is 5.75 Å². The Morgan fingerprint density at radius 3 is 2.64 bits per heavy atom. The van der Waals surface area contributed by atoms with Gasteiger partial charge in [0.1, 0.15) is 11.3 Å². The summed E-state index contributed by atoms with van der Waals surface area (Å²) in [6.45, 7) is 2.01. The molecular formula is C18H14N2O2. The fourth-order valence-electron chi connectivity index (χ4n) is 2.52. The molecule has 4 heteroatoms. The van der Waals surface area contributed by atoms with Crippen LogP contribution in [-0.2, 0) is 0 Å². The molecule has 0 aliphatic rings. The molecule has 0 saturated carbocycles. The van der Waals surface area contributed by atoms with Crippen molar-refractivity contribution in [3.05, 3.63) is 66.5 Å². The van der Waals surface area contributed by atoms with Crippen LogP contribution in [0.3, 0.4) is 0 Å². The van der Waals surface area contributed by atoms with Crippen molar-refractivity contribution in [1.29, 1.82) is 0 Å². The molecule has 2 aromatic carbocycles. The summed E-state index contributed by atoms with van der Waals surface area (Å²) in [5.74, 6) is 0.576. The van der Waals surface area contributed by atoms with Gasteiger partial charge in [0, 0.05) is 24.1 Å². The number of aromatic hydroxyl groups is 1. The Balaban J connectivity index is 1.81. The van der Waals surface area contributed by atoms with Crippen LogP contribution in [0, 0.1) is 6.92 Å². The molecule has 0 atom stereocenters. The Morgan fingerprint density at radius 1 is 1.05 bits per heavy atom. The first kappa shape index (κ1) is 12.7. The van der Waals surface area contributed by atoms with Gasteiger partial charge in [-0.15, -0.1) is 0 Å². The Labute approximate surface area is 127 Å². The number of fused-ring (bicyclic) bond motifs is 1. The highest BCUT2D eigenvalue weighted by atomic mass is 16.3. The molecule has 4 rings (SSSR count). The summed E-state index contributed by atoms with van der Waals surface area (Å²) in [5.41, 5.74) is 4.11. The Morgan fingerprint density at radius 2 is 1.86 bits per heavy atom. The third-order valence-corrected chi connectivity index (χ3v) is 3.66. The predicted molar refractivity (Wildman–Crippen MR) is 85.2 cm³/mol. The molecule has 1 N–H and O–H groups in total. The van der Waals surface area contributed by atoms with Crippen LogP contribution < -0.4 is 0 Å². The average molecular weight is 290 g/mol. The first-order chi connectivity index (χ1) is 10.7. The van der Waals surface area contributed by atoms with E-state index in [2.05, 4.69) is 4.98 Å². The van der Waals surface area contributed by atoms with Crippen LogP contribution in [0.5, 0.6) is 5.75 Å². The van der Waals surface area contributed by atoms with Gasteiger partial charge in [-0.25, -0.2) is 4.98 Å². The third-order valence-electron chi connectivity index (χ3n) is 3.66. The summed E-state index contributed by atoms with van der Waals surface area (Å²) >= 11 is 0. The Hall–Kier alpha value is -3.01. The van der Waals surface area contributed by atoms with Gasteiger partial charge in [-0.2, -0.15) is 0 Å². The monoisotopic (exact) mass is 290 g/mol. The highest BCUT2D eigenvalue weighted by molar-refractivity contribution is 5.78. The summed E-state index contributed by atoms with van der Waals surface area (Å²) in [7, 11) is 0. The maximum absolute atomic E-state index is 10.3. The summed E-state index contributed by atoms with van der Waals surface area (Å²) in [4.78, 5) is 4.46. The molecule has 0 bridgehead atoms. The van der Waals surface area contributed by atoms with Gasteiger partial charge in [0.15, 0.2) is 5.58 Å². The fourth-order valence-corrected chi connectivity index (χ4v) is 2.52. The molecule has 4 nitrogen and oxygen atoms in total. The topological polar surface area (TPSA) is 51.2 Å². The second-order valence-electron chi connectivity index (χ2n) is 5.28. The van der Waals surface area contributed by atoms with Crippen molar-refractivity contribution in [3.63, 3.8) is 0 Å². The summed E-state index contributed by atoms with van der Waals surface area (Å²) in [6.07, 6.45) is 3.85. The number of phenolic OH excluding ortho intramolecular Hbond substituents is 1. The van der Waals surface area contributed by atoms with Gasteiger partial charge in [0.2, 0.25) is 5.89 Å². The highest BCUT2D eigenvalue weighted by Gasteiger charge is 2.13. The van der Waals surface area contributed by atoms with Gasteiger partial charge in [-0.1, -0.05) is 6.07 Å². The van der Waals surface area contributed by atoms with E-state index in [0.717, 1.165) is 22.4 Å². The molecule has 2 aromatic heterocycles. The first-order valence-electron chi connectivity index (χ1n) is 7.05. The minimum Gasteiger partial charge on any atom is -0.507 e. The maximum Gasteiger partial charge on any atom is 0.231 e. The number of nitrogens with zero attached hydrogens (tertiary/aromatic N) is 2. The molecule has 108 valence electrons. The van der Waals surface area contributed by atoms with E-state index in [9.17, 15) is 5.11 Å². The number of aromatic nitrogens is 2. The minimum atomic E-state index is 0.148. The lowest BCUT2D eigenvalue weighted by Crippen LogP contribution is -1.89. The number of benzene rings is 2. The van der Waals surface area contributed by atoms with Gasteiger partial charge in [0.25, 0.3) is 0 Å². The number of hydrogen-bond acceptors (Lipinski definition) is 3. The van der Waals surface area contributed by atoms with Gasteiger partial charge >= 0.3 is 0 Å². The molecule has 0 saturated heterocycles. The van der Waals surface area contributed by atoms with Crippen LogP contribution in [0.4, 0.5) is 0 Å². The number of oxazole rings is 1. The fraction of sp³-hybridized carbons (Fsp3) is 0.0556. The summed E-state index contributed by atoms with van der Waals surface area (Å²) < 4.78 is 7.67. The average Bonchev–Trinajstić information content (AvgIpc) is 3.15. The molecule has 2 heterocycles. The van der Waals surface area contributed by atoms with Crippen LogP contribution >= 0.6 is 0 Å². The molecule has 22 heavy (non-hydrogen) atoms. The number of hydrogen-bond donors (Lipinski definition) is 1. The van der Waals surface area contributed by atoms with E-state index in [0.29, 0.717) is 11.5 Å². The van der Waals surface area contributed by atoms with E-state index in [4.69, 9.17) is 4.42 Å². The van der Waals surface area contributed by atoms with Crippen molar-refractivity contribution in [3.8, 4) is 22.9 Å². The van der Waals surface area contributed by atoms with E-state index in [1.807, 2.05) is 66.3 Å². The van der Waals surface area contributed by atoms with E-state index in [1.54, 1.807) is 6.07 Å². The van der Waals surface area contributed by atoms with Crippen LogP contribution in [-0.4, -0.2) is 14.7 Å². The smallest absolute Gasteiger partial charge is 0.231 e. The lowest BCUT2D eigenvalue weighted by atomic mass is 10.2. The second kappa shape index (κ2) is 4.77. The van der Waals surface area contributed by atoms with Crippen LogP contribution in [0.15, 0.2) is 65.3 Å². The van der Waals surface area contributed by atoms with Gasteiger partial charge in [0.05, 0.1) is 5.56 Å². The predicted octanol–water partition coefficient (Wildman–Crippen LogP) is 4.30. The zero-order chi connectivity index (χ0) is 15.1. The molecule has 0 unspecified atom stereocenters. The number of aryl methyl sites for hydroxylation is 1. The van der Waals surface area contributed by atoms with Gasteiger partial charge in [-0.05, 0) is 48.9 Å². The minimum absolute atomic E-state index is 0.148. The standard InChI is InChI=1S/C18H14N2O2/c1-12-4-7-17-15(10-12)19-18(22-17)14-6-5-13(11-16(14)21)20-8-2-3-9-20/h2-11,21H,1H3. The molecule has 0 spiro atoms. The van der Waals surface area contributed by atoms with Crippen LogP contribution in [0.2, 0.25) is 0 Å². The van der Waals surface area contributed by atoms with Crippen molar-refractivity contribution < 1.29 is 9.52 Å². The van der Waals surface area contributed by atoms with Crippen LogP contribution in [0.1, 0.15) is 5.56 Å². The zero-order valence-electron chi connectivity index (χ0n) is 12.0. The first-order valence-corrected chi connectivity index (χ1v) is 7.05. The maximum atomic E-state index is 10.3. The Bertz CT molecular complexity index is 953. The van der Waals surface area contributed by atoms with Gasteiger partial charge in [-0.3, -0.25) is 0 Å². The van der Waals surface area contributed by atoms with E-state index in [1.165, 1.54) is 0 Å². The Kier molecular flexibility index (Phi) is 2.76. The zero-order valence-corrected chi connectivity index (χ0v) is 12.0. The molecule has 0 fully saturated rings. The molecule has 0 radical (unpaired) electrons. The normalized spacial score (nSPS) is 11.1. The van der Waals surface area contributed by atoms with Crippen molar-refractivity contribution in [2.24, 2.45) is 0 Å². The quantitative estimate of drug-likeness (QED) is 0.599. The SMILES string of the molecule is Cc1ccc2oc(-c3ccc(-n4cccc4)cc3O)nc2c1. The lowest BCUT2D eigenvalue weighted by molar-refractivity contribution is 0.474.